The minimum Gasteiger partial charge on any atom is -0.459 e. The van der Waals surface area contributed by atoms with E-state index in [9.17, 15) is 9.59 Å². The van der Waals surface area contributed by atoms with Gasteiger partial charge in [-0.15, -0.1) is 0 Å². The Morgan fingerprint density at radius 2 is 1.62 bits per heavy atom. The monoisotopic (exact) mass is 508 g/mol. The van der Waals surface area contributed by atoms with Gasteiger partial charge in [0.25, 0.3) is 5.91 Å². The predicted molar refractivity (Wildman–Crippen MR) is 150 cm³/mol. The highest BCUT2D eigenvalue weighted by molar-refractivity contribution is 6.41. The average molecular weight is 509 g/mol. The average Bonchev–Trinajstić information content (AvgIpc) is 3.60. The Labute approximate surface area is 224 Å². The van der Waals surface area contributed by atoms with Crippen molar-refractivity contribution in [3.05, 3.63) is 35.4 Å². The number of nitrogens with zero attached hydrogens (tertiary/aromatic N) is 2. The molecule has 0 aromatic heterocycles. The van der Waals surface area contributed by atoms with Crippen LogP contribution in [0.4, 0.5) is 0 Å². The highest BCUT2D eigenvalue weighted by atomic mass is 16.5. The Kier molecular flexibility index (Phi) is 7.67. The van der Waals surface area contributed by atoms with E-state index in [1.54, 1.807) is 0 Å². The molecule has 0 bridgehead atoms. The first-order chi connectivity index (χ1) is 17.2. The maximum absolute atomic E-state index is 14.1. The first kappa shape index (κ1) is 27.9. The van der Waals surface area contributed by atoms with E-state index in [0.717, 1.165) is 62.6 Å². The van der Waals surface area contributed by atoms with Crippen LogP contribution < -0.4 is 0 Å². The lowest BCUT2D eigenvalue weighted by molar-refractivity contribution is -0.134. The van der Waals surface area contributed by atoms with Crippen molar-refractivity contribution in [1.29, 1.82) is 0 Å². The van der Waals surface area contributed by atoms with Gasteiger partial charge in [0, 0.05) is 5.92 Å². The van der Waals surface area contributed by atoms with Crippen molar-refractivity contribution < 1.29 is 14.3 Å². The molecular weight excluding hydrogens is 460 g/mol. The van der Waals surface area contributed by atoms with Gasteiger partial charge in [0.05, 0.1) is 17.7 Å². The summed E-state index contributed by atoms with van der Waals surface area (Å²) in [4.78, 5) is 34.1. The fourth-order valence-corrected chi connectivity index (χ4v) is 6.13. The van der Waals surface area contributed by atoms with Crippen molar-refractivity contribution in [3.63, 3.8) is 0 Å². The van der Waals surface area contributed by atoms with Crippen LogP contribution in [0, 0.1) is 22.7 Å². The van der Waals surface area contributed by atoms with Crippen LogP contribution in [0.15, 0.2) is 29.3 Å². The zero-order chi connectivity index (χ0) is 27.2. The molecule has 2 saturated carbocycles. The maximum Gasteiger partial charge on any atom is 0.338 e. The molecule has 1 atom stereocenters. The molecule has 0 radical (unpaired) electrons. The molecule has 5 heteroatoms. The molecule has 5 nitrogen and oxygen atoms in total. The van der Waals surface area contributed by atoms with Gasteiger partial charge in [-0.05, 0) is 99.7 Å². The van der Waals surface area contributed by atoms with Crippen molar-refractivity contribution >= 4 is 17.6 Å². The Hall–Kier alpha value is -2.17. The molecule has 4 rings (SSSR count). The van der Waals surface area contributed by atoms with E-state index in [-0.39, 0.29) is 34.9 Å². The van der Waals surface area contributed by atoms with Gasteiger partial charge in [0.2, 0.25) is 0 Å². The second-order valence-electron chi connectivity index (χ2n) is 14.3. The van der Waals surface area contributed by atoms with Crippen LogP contribution in [0.3, 0.4) is 0 Å². The summed E-state index contributed by atoms with van der Waals surface area (Å²) in [5.74, 6) is 0.834. The highest BCUT2D eigenvalue weighted by Gasteiger charge is 2.54. The number of rotatable bonds is 7. The van der Waals surface area contributed by atoms with Crippen molar-refractivity contribution in [2.24, 2.45) is 27.7 Å². The second-order valence-corrected chi connectivity index (χ2v) is 14.3. The molecule has 1 amide bonds. The molecule has 1 aliphatic heterocycles. The fraction of sp³-hybridized carbons (Fsp3) is 0.719. The van der Waals surface area contributed by atoms with Gasteiger partial charge in [0.1, 0.15) is 11.4 Å². The normalized spacial score (nSPS) is 25.5. The number of aliphatic imine (C=N–C) groups is 1. The number of carbonyl (C=O) groups excluding carboxylic acids is 2. The summed E-state index contributed by atoms with van der Waals surface area (Å²) >= 11 is 0. The summed E-state index contributed by atoms with van der Waals surface area (Å²) in [5, 5.41) is 0. The standard InChI is InChI=1S/C32H48N2O3/c1-21(2)37-29(36)24-13-9-22(10-14-24)26(17-18-30(3,4)5)34-28(35)27(23-11-12-23)33-32(34)19-15-25(16-20-32)31(6,7)8/h9-10,13-14,21,23,25-26H,11-12,15-20H2,1-8H3/t25?,26-,32?/m1/s1. The molecule has 1 aromatic carbocycles. The third-order valence-corrected chi connectivity index (χ3v) is 8.54. The summed E-state index contributed by atoms with van der Waals surface area (Å²) in [6, 6.07) is 7.71. The lowest BCUT2D eigenvalue weighted by atomic mass is 9.69. The van der Waals surface area contributed by atoms with Gasteiger partial charge < -0.3 is 9.64 Å². The fourth-order valence-electron chi connectivity index (χ4n) is 6.13. The molecule has 37 heavy (non-hydrogen) atoms. The third kappa shape index (κ3) is 6.29. The molecule has 2 aliphatic carbocycles. The molecule has 3 aliphatic rings. The van der Waals surface area contributed by atoms with Crippen LogP contribution in [0.1, 0.15) is 129 Å². The molecule has 1 aromatic rings. The van der Waals surface area contributed by atoms with E-state index in [2.05, 4.69) is 46.4 Å². The van der Waals surface area contributed by atoms with Gasteiger partial charge in [-0.25, -0.2) is 4.79 Å². The van der Waals surface area contributed by atoms with E-state index < -0.39 is 5.66 Å². The van der Waals surface area contributed by atoms with E-state index in [1.165, 1.54) is 0 Å². The van der Waals surface area contributed by atoms with Crippen molar-refractivity contribution in [1.82, 2.24) is 4.90 Å². The number of carbonyl (C=O) groups is 2. The first-order valence-corrected chi connectivity index (χ1v) is 14.4. The van der Waals surface area contributed by atoms with Gasteiger partial charge >= 0.3 is 5.97 Å². The number of hydrogen-bond donors (Lipinski definition) is 0. The summed E-state index contributed by atoms with van der Waals surface area (Å²) in [6.45, 7) is 17.5. The maximum atomic E-state index is 14.1. The second kappa shape index (κ2) is 10.2. The molecule has 1 spiro atoms. The van der Waals surface area contributed by atoms with Crippen LogP contribution in [-0.4, -0.2) is 34.3 Å². The minimum absolute atomic E-state index is 0.0620. The smallest absolute Gasteiger partial charge is 0.338 e. The van der Waals surface area contributed by atoms with E-state index in [4.69, 9.17) is 9.73 Å². The van der Waals surface area contributed by atoms with Crippen molar-refractivity contribution in [2.75, 3.05) is 0 Å². The van der Waals surface area contributed by atoms with Crippen molar-refractivity contribution in [2.45, 2.75) is 125 Å². The Bertz CT molecular complexity index is 1010. The van der Waals surface area contributed by atoms with Crippen LogP contribution in [0.25, 0.3) is 0 Å². The molecule has 2 fully saturated rings. The summed E-state index contributed by atoms with van der Waals surface area (Å²) < 4.78 is 5.40. The first-order valence-electron chi connectivity index (χ1n) is 14.4. The lowest BCUT2D eigenvalue weighted by Gasteiger charge is -2.48. The number of amides is 1. The number of ether oxygens (including phenoxy) is 1. The highest BCUT2D eigenvalue weighted by Crippen LogP contribution is 2.51. The molecule has 0 N–H and O–H groups in total. The number of esters is 1. The van der Waals surface area contributed by atoms with Crippen LogP contribution in [0.5, 0.6) is 0 Å². The topological polar surface area (TPSA) is 59.0 Å². The summed E-state index contributed by atoms with van der Waals surface area (Å²) in [6.07, 6.45) is 7.94. The molecule has 0 saturated heterocycles. The molecule has 0 unspecified atom stereocenters. The van der Waals surface area contributed by atoms with Crippen molar-refractivity contribution in [3.8, 4) is 0 Å². The Morgan fingerprint density at radius 3 is 2.11 bits per heavy atom. The predicted octanol–water partition coefficient (Wildman–Crippen LogP) is 7.75. The Morgan fingerprint density at radius 1 is 1.03 bits per heavy atom. The van der Waals surface area contributed by atoms with E-state index >= 15 is 0 Å². The van der Waals surface area contributed by atoms with E-state index in [1.807, 2.05) is 38.1 Å². The number of benzene rings is 1. The SMILES string of the molecule is CC(C)OC(=O)c1ccc([C@@H](CCC(C)(C)C)N2C(=O)C(C3CC3)=NC23CCC(C(C)(C)C)CC3)cc1. The Balaban J connectivity index is 1.68. The zero-order valence-corrected chi connectivity index (χ0v) is 24.4. The lowest BCUT2D eigenvalue weighted by Crippen LogP contribution is -2.51. The molecule has 1 heterocycles. The zero-order valence-electron chi connectivity index (χ0n) is 24.4. The third-order valence-electron chi connectivity index (χ3n) is 8.54. The van der Waals surface area contributed by atoms with Gasteiger partial charge in [-0.2, -0.15) is 0 Å². The molecule has 204 valence electrons. The molecular formula is C32H48N2O3. The minimum atomic E-state index is -0.436. The number of hydrogen-bond acceptors (Lipinski definition) is 4. The van der Waals surface area contributed by atoms with Gasteiger partial charge in [-0.1, -0.05) is 53.7 Å². The largest absolute Gasteiger partial charge is 0.459 e. The quantitative estimate of drug-likeness (QED) is 0.354. The van der Waals surface area contributed by atoms with Crippen LogP contribution in [0.2, 0.25) is 0 Å². The van der Waals surface area contributed by atoms with Crippen LogP contribution in [-0.2, 0) is 9.53 Å². The van der Waals surface area contributed by atoms with Gasteiger partial charge in [-0.3, -0.25) is 9.79 Å². The van der Waals surface area contributed by atoms with Crippen LogP contribution >= 0.6 is 0 Å². The van der Waals surface area contributed by atoms with Gasteiger partial charge in [0.15, 0.2) is 0 Å². The summed E-state index contributed by atoms with van der Waals surface area (Å²) in [7, 11) is 0. The van der Waals surface area contributed by atoms with E-state index in [0.29, 0.717) is 17.4 Å². The summed E-state index contributed by atoms with van der Waals surface area (Å²) in [5.41, 5.74) is 2.45.